The molecule has 1 unspecified atom stereocenters. The number of para-hydroxylation sites is 2. The Morgan fingerprint density at radius 1 is 0.906 bits per heavy atom. The molecule has 0 bridgehead atoms. The average molecular weight is 436 g/mol. The van der Waals surface area contributed by atoms with E-state index >= 15 is 0 Å². The highest BCUT2D eigenvalue weighted by molar-refractivity contribution is 5.97. The van der Waals surface area contributed by atoms with Gasteiger partial charge in [0.1, 0.15) is 17.5 Å². The van der Waals surface area contributed by atoms with E-state index in [-0.39, 0.29) is 17.3 Å². The second kappa shape index (κ2) is 10.2. The predicted octanol–water partition coefficient (Wildman–Crippen LogP) is 4.79. The Morgan fingerprint density at radius 2 is 1.53 bits per heavy atom. The lowest BCUT2D eigenvalue weighted by atomic mass is 10.2. The van der Waals surface area contributed by atoms with Crippen LogP contribution in [0.4, 0.5) is 28.4 Å². The summed E-state index contributed by atoms with van der Waals surface area (Å²) < 4.78 is 10.5. The largest absolute Gasteiger partial charge is 0.495 e. The third-order valence-corrected chi connectivity index (χ3v) is 4.70. The first-order valence-electron chi connectivity index (χ1n) is 9.81. The second-order valence-corrected chi connectivity index (χ2v) is 6.90. The van der Waals surface area contributed by atoms with Crippen LogP contribution in [-0.4, -0.2) is 31.1 Å². The van der Waals surface area contributed by atoms with Crippen molar-refractivity contribution in [2.75, 3.05) is 30.2 Å². The summed E-state index contributed by atoms with van der Waals surface area (Å²) in [6.45, 7) is 1.69. The quantitative estimate of drug-likeness (QED) is 0.326. The van der Waals surface area contributed by atoms with Gasteiger partial charge >= 0.3 is 0 Å². The summed E-state index contributed by atoms with van der Waals surface area (Å²) in [5, 5.41) is 20.1. The molecule has 0 aromatic heterocycles. The van der Waals surface area contributed by atoms with Gasteiger partial charge in [-0.2, -0.15) is 0 Å². The number of nitrogens with one attached hydrogen (secondary N) is 3. The topological polar surface area (TPSA) is 115 Å². The van der Waals surface area contributed by atoms with Crippen LogP contribution < -0.4 is 25.4 Å². The van der Waals surface area contributed by atoms with Crippen LogP contribution in [0, 0.1) is 10.1 Å². The van der Waals surface area contributed by atoms with Crippen molar-refractivity contribution in [3.05, 3.63) is 76.8 Å². The van der Waals surface area contributed by atoms with Crippen molar-refractivity contribution in [2.45, 2.75) is 13.0 Å². The molecule has 3 aromatic carbocycles. The molecule has 0 saturated heterocycles. The number of ether oxygens (including phenoxy) is 2. The monoisotopic (exact) mass is 436 g/mol. The van der Waals surface area contributed by atoms with Crippen molar-refractivity contribution < 1.29 is 19.2 Å². The van der Waals surface area contributed by atoms with Gasteiger partial charge in [-0.05, 0) is 49.4 Å². The molecule has 166 valence electrons. The molecule has 0 spiro atoms. The summed E-state index contributed by atoms with van der Waals surface area (Å²) in [4.78, 5) is 23.1. The van der Waals surface area contributed by atoms with E-state index in [1.165, 1.54) is 25.3 Å². The lowest BCUT2D eigenvalue weighted by molar-refractivity contribution is -0.384. The third-order valence-electron chi connectivity index (χ3n) is 4.70. The molecule has 0 saturated carbocycles. The number of carbonyl (C=O) groups is 1. The second-order valence-electron chi connectivity index (χ2n) is 6.90. The fraction of sp³-hybridized carbons (Fsp3) is 0.174. The van der Waals surface area contributed by atoms with Crippen molar-refractivity contribution in [3.63, 3.8) is 0 Å². The molecule has 1 amide bonds. The van der Waals surface area contributed by atoms with Crippen LogP contribution in [0.1, 0.15) is 6.92 Å². The van der Waals surface area contributed by atoms with E-state index < -0.39 is 11.0 Å². The number of hydrogen-bond acceptors (Lipinski definition) is 7. The average Bonchev–Trinajstić information content (AvgIpc) is 2.80. The number of non-ortho nitro benzene ring substituents is 1. The van der Waals surface area contributed by atoms with Crippen molar-refractivity contribution in [3.8, 4) is 11.5 Å². The molecule has 3 aromatic rings. The fourth-order valence-electron chi connectivity index (χ4n) is 3.02. The Kier molecular flexibility index (Phi) is 7.12. The summed E-state index contributed by atoms with van der Waals surface area (Å²) >= 11 is 0. The van der Waals surface area contributed by atoms with Crippen molar-refractivity contribution in [2.24, 2.45) is 0 Å². The number of carbonyl (C=O) groups excluding carboxylic acids is 1. The summed E-state index contributed by atoms with van der Waals surface area (Å²) in [5.41, 5.74) is 2.54. The van der Waals surface area contributed by atoms with Gasteiger partial charge in [0.05, 0.1) is 30.5 Å². The van der Waals surface area contributed by atoms with Gasteiger partial charge in [-0.25, -0.2) is 0 Å². The molecule has 0 aliphatic carbocycles. The van der Waals surface area contributed by atoms with E-state index in [0.29, 0.717) is 5.75 Å². The summed E-state index contributed by atoms with van der Waals surface area (Å²) in [6.07, 6.45) is 0. The maximum absolute atomic E-state index is 12.6. The fourth-order valence-corrected chi connectivity index (χ4v) is 3.02. The van der Waals surface area contributed by atoms with Gasteiger partial charge < -0.3 is 25.4 Å². The van der Waals surface area contributed by atoms with Crippen LogP contribution in [-0.2, 0) is 4.79 Å². The lowest BCUT2D eigenvalue weighted by Gasteiger charge is -2.17. The highest BCUT2D eigenvalue weighted by Crippen LogP contribution is 2.30. The van der Waals surface area contributed by atoms with E-state index in [0.717, 1.165) is 22.8 Å². The Balaban J connectivity index is 1.64. The lowest BCUT2D eigenvalue weighted by Crippen LogP contribution is -2.32. The predicted molar refractivity (Wildman–Crippen MR) is 124 cm³/mol. The first-order valence-corrected chi connectivity index (χ1v) is 9.81. The summed E-state index contributed by atoms with van der Waals surface area (Å²) in [5.74, 6) is 0.708. The highest BCUT2D eigenvalue weighted by Gasteiger charge is 2.17. The standard InChI is InChI=1S/C23H24N4O5/c1-15(23(28)26-20-14-18(27(29)30)12-13-22(20)32-3)24-16-8-10-17(11-9-16)25-19-6-4-5-7-21(19)31-2/h4-15,24-25H,1-3H3,(H,26,28). The summed E-state index contributed by atoms with van der Waals surface area (Å²) in [6, 6.07) is 18.5. The number of benzene rings is 3. The van der Waals surface area contributed by atoms with Crippen molar-refractivity contribution in [1.82, 2.24) is 0 Å². The highest BCUT2D eigenvalue weighted by atomic mass is 16.6. The van der Waals surface area contributed by atoms with Crippen LogP contribution in [0.15, 0.2) is 66.7 Å². The number of rotatable bonds is 9. The van der Waals surface area contributed by atoms with Crippen LogP contribution in [0.2, 0.25) is 0 Å². The molecular weight excluding hydrogens is 412 g/mol. The van der Waals surface area contributed by atoms with Gasteiger partial charge in [0.25, 0.3) is 5.69 Å². The minimum Gasteiger partial charge on any atom is -0.495 e. The Labute approximate surface area is 185 Å². The molecule has 9 nitrogen and oxygen atoms in total. The van der Waals surface area contributed by atoms with Crippen LogP contribution in [0.25, 0.3) is 0 Å². The smallest absolute Gasteiger partial charge is 0.271 e. The molecule has 0 heterocycles. The molecule has 0 fully saturated rings. The van der Waals surface area contributed by atoms with Crippen molar-refractivity contribution in [1.29, 1.82) is 0 Å². The first-order chi connectivity index (χ1) is 15.4. The number of nitrogens with zero attached hydrogens (tertiary/aromatic N) is 1. The Hall–Kier alpha value is -4.27. The number of anilines is 4. The Morgan fingerprint density at radius 3 is 2.19 bits per heavy atom. The van der Waals surface area contributed by atoms with E-state index in [4.69, 9.17) is 9.47 Å². The number of hydrogen-bond donors (Lipinski definition) is 3. The van der Waals surface area contributed by atoms with Gasteiger partial charge in [0, 0.05) is 23.5 Å². The molecule has 1 atom stereocenters. The zero-order chi connectivity index (χ0) is 23.1. The van der Waals surface area contributed by atoms with Crippen LogP contribution in [0.3, 0.4) is 0 Å². The van der Waals surface area contributed by atoms with E-state index in [9.17, 15) is 14.9 Å². The van der Waals surface area contributed by atoms with E-state index in [1.54, 1.807) is 14.0 Å². The first kappa shape index (κ1) is 22.4. The zero-order valence-corrected chi connectivity index (χ0v) is 17.9. The number of methoxy groups -OCH3 is 2. The van der Waals surface area contributed by atoms with E-state index in [2.05, 4.69) is 16.0 Å². The molecule has 0 aliphatic heterocycles. The normalized spacial score (nSPS) is 11.2. The maximum atomic E-state index is 12.6. The number of nitro benzene ring substituents is 1. The molecule has 0 radical (unpaired) electrons. The third kappa shape index (κ3) is 5.45. The molecule has 3 rings (SSSR count). The molecular formula is C23H24N4O5. The number of nitro groups is 1. The molecule has 32 heavy (non-hydrogen) atoms. The van der Waals surface area contributed by atoms with Gasteiger partial charge in [-0.3, -0.25) is 14.9 Å². The summed E-state index contributed by atoms with van der Waals surface area (Å²) in [7, 11) is 3.04. The van der Waals surface area contributed by atoms with Crippen LogP contribution >= 0.6 is 0 Å². The van der Waals surface area contributed by atoms with Gasteiger partial charge in [0.15, 0.2) is 0 Å². The maximum Gasteiger partial charge on any atom is 0.271 e. The molecule has 3 N–H and O–H groups in total. The number of amides is 1. The minimum atomic E-state index is -0.605. The van der Waals surface area contributed by atoms with Crippen LogP contribution in [0.5, 0.6) is 11.5 Å². The zero-order valence-electron chi connectivity index (χ0n) is 17.9. The minimum absolute atomic E-state index is 0.139. The molecule has 9 heteroatoms. The van der Waals surface area contributed by atoms with E-state index in [1.807, 2.05) is 48.5 Å². The molecule has 0 aliphatic rings. The van der Waals surface area contributed by atoms with Gasteiger partial charge in [-0.15, -0.1) is 0 Å². The van der Waals surface area contributed by atoms with Gasteiger partial charge in [-0.1, -0.05) is 12.1 Å². The van der Waals surface area contributed by atoms with Crippen molar-refractivity contribution >= 4 is 34.3 Å². The van der Waals surface area contributed by atoms with Gasteiger partial charge in [0.2, 0.25) is 5.91 Å². The SMILES string of the molecule is COc1ccc([N+](=O)[O-])cc1NC(=O)C(C)Nc1ccc(Nc2ccccc2OC)cc1. The Bertz CT molecular complexity index is 1100.